The third kappa shape index (κ3) is 3.06. The molecule has 0 spiro atoms. The Labute approximate surface area is 83.7 Å². The summed E-state index contributed by atoms with van der Waals surface area (Å²) in [7, 11) is 0. The molecule has 13 heavy (non-hydrogen) atoms. The van der Waals surface area contributed by atoms with Crippen LogP contribution in [0.5, 0.6) is 0 Å². The van der Waals surface area contributed by atoms with Gasteiger partial charge in [-0.05, 0) is 6.42 Å². The summed E-state index contributed by atoms with van der Waals surface area (Å²) in [6.45, 7) is 2.54. The van der Waals surface area contributed by atoms with Gasteiger partial charge in [-0.25, -0.2) is 4.39 Å². The van der Waals surface area contributed by atoms with Crippen LogP contribution in [0, 0.1) is 5.92 Å². The normalized spacial score (nSPS) is 36.5. The third-order valence-electron chi connectivity index (χ3n) is 2.42. The van der Waals surface area contributed by atoms with Gasteiger partial charge in [0.2, 0.25) is 0 Å². The van der Waals surface area contributed by atoms with Crippen LogP contribution >= 0.6 is 12.4 Å². The van der Waals surface area contributed by atoms with Crippen LogP contribution in [-0.4, -0.2) is 41.7 Å². The number of hydrogen-bond acceptors (Lipinski definition) is 3. The van der Waals surface area contributed by atoms with Gasteiger partial charge in [-0.3, -0.25) is 0 Å². The number of β-amino-alcohol motifs (C(OH)–C–C–N with tert-alkyl or cyclic N) is 1. The molecule has 1 unspecified atom stereocenters. The quantitative estimate of drug-likeness (QED) is 0.610. The minimum Gasteiger partial charge on any atom is -0.390 e. The third-order valence-corrected chi connectivity index (χ3v) is 2.42. The second kappa shape index (κ2) is 5.75. The molecule has 0 radical (unpaired) electrons. The fourth-order valence-electron chi connectivity index (χ4n) is 1.57. The van der Waals surface area contributed by atoms with Gasteiger partial charge in [0.1, 0.15) is 6.17 Å². The van der Waals surface area contributed by atoms with E-state index >= 15 is 0 Å². The molecule has 3 N–H and O–H groups in total. The van der Waals surface area contributed by atoms with Crippen molar-refractivity contribution in [2.24, 2.45) is 5.92 Å². The smallest absolute Gasteiger partial charge is 0.106 e. The van der Waals surface area contributed by atoms with Crippen molar-refractivity contribution < 1.29 is 14.6 Å². The maximum absolute atomic E-state index is 13.1. The van der Waals surface area contributed by atoms with Crippen LogP contribution in [0.3, 0.4) is 0 Å². The van der Waals surface area contributed by atoms with Gasteiger partial charge < -0.3 is 15.5 Å². The molecule has 1 fully saturated rings. The van der Waals surface area contributed by atoms with Gasteiger partial charge in [0.05, 0.1) is 12.2 Å². The van der Waals surface area contributed by atoms with E-state index in [0.717, 1.165) is 0 Å². The van der Waals surface area contributed by atoms with Crippen molar-refractivity contribution in [2.75, 3.05) is 13.1 Å². The van der Waals surface area contributed by atoms with Crippen molar-refractivity contribution >= 4 is 12.4 Å². The second-order valence-electron chi connectivity index (χ2n) is 3.30. The number of aliphatic hydroxyl groups is 2. The van der Waals surface area contributed by atoms with Crippen LogP contribution in [0.15, 0.2) is 0 Å². The van der Waals surface area contributed by atoms with E-state index in [9.17, 15) is 14.6 Å². The summed E-state index contributed by atoms with van der Waals surface area (Å²) in [6.07, 6.45) is -2.38. The topological polar surface area (TPSA) is 52.5 Å². The molecule has 0 bridgehead atoms. The molecule has 0 amide bonds. The molecule has 0 aromatic heterocycles. The minimum absolute atomic E-state index is 0. The molecule has 0 aliphatic carbocycles. The molecule has 1 rings (SSSR count). The lowest BCUT2D eigenvalue weighted by molar-refractivity contribution is -0.0576. The summed E-state index contributed by atoms with van der Waals surface area (Å²) in [6, 6.07) is 0. The zero-order valence-corrected chi connectivity index (χ0v) is 8.43. The van der Waals surface area contributed by atoms with Crippen molar-refractivity contribution in [1.82, 2.24) is 5.32 Å². The van der Waals surface area contributed by atoms with Gasteiger partial charge in [-0.15, -0.1) is 12.4 Å². The predicted molar refractivity (Wildman–Crippen MR) is 50.8 cm³/mol. The van der Waals surface area contributed by atoms with Gasteiger partial charge in [-0.1, -0.05) is 6.92 Å². The van der Waals surface area contributed by atoms with Crippen LogP contribution < -0.4 is 5.32 Å². The molecule has 1 saturated heterocycles. The highest BCUT2D eigenvalue weighted by molar-refractivity contribution is 5.85. The Hall–Kier alpha value is 0.1000. The van der Waals surface area contributed by atoms with E-state index in [4.69, 9.17) is 0 Å². The fourth-order valence-corrected chi connectivity index (χ4v) is 1.57. The van der Waals surface area contributed by atoms with E-state index < -0.39 is 24.3 Å². The first kappa shape index (κ1) is 13.1. The summed E-state index contributed by atoms with van der Waals surface area (Å²) in [5.74, 6) is -0.459. The number of alkyl halides is 1. The SMILES string of the molecule is CCC(F)[C@H]1CNC[C@@H](O)[C@@H]1O.Cl. The number of piperidine rings is 1. The van der Waals surface area contributed by atoms with E-state index in [0.29, 0.717) is 19.5 Å². The number of rotatable bonds is 2. The summed E-state index contributed by atoms with van der Waals surface area (Å²) in [5, 5.41) is 21.5. The molecule has 0 aromatic rings. The first-order valence-electron chi connectivity index (χ1n) is 4.37. The van der Waals surface area contributed by atoms with Crippen molar-refractivity contribution in [1.29, 1.82) is 0 Å². The van der Waals surface area contributed by atoms with Crippen LogP contribution in [0.4, 0.5) is 4.39 Å². The van der Waals surface area contributed by atoms with Crippen molar-refractivity contribution in [3.8, 4) is 0 Å². The van der Waals surface area contributed by atoms with E-state index in [1.807, 2.05) is 0 Å². The van der Waals surface area contributed by atoms with E-state index in [2.05, 4.69) is 5.32 Å². The Balaban J connectivity index is 0.00000144. The molecule has 4 atom stereocenters. The van der Waals surface area contributed by atoms with Gasteiger partial charge in [0.15, 0.2) is 0 Å². The predicted octanol–water partition coefficient (Wildman–Crippen LogP) is 0.0975. The lowest BCUT2D eigenvalue weighted by atomic mass is 9.89. The summed E-state index contributed by atoms with van der Waals surface area (Å²) in [5.41, 5.74) is 0. The molecular formula is C8H17ClFNO2. The number of halogens is 2. The zero-order chi connectivity index (χ0) is 9.14. The minimum atomic E-state index is -1.03. The largest absolute Gasteiger partial charge is 0.390 e. The van der Waals surface area contributed by atoms with Gasteiger partial charge in [-0.2, -0.15) is 0 Å². The molecule has 80 valence electrons. The van der Waals surface area contributed by atoms with Gasteiger partial charge in [0.25, 0.3) is 0 Å². The lowest BCUT2D eigenvalue weighted by Gasteiger charge is -2.34. The van der Waals surface area contributed by atoms with Crippen molar-refractivity contribution in [2.45, 2.75) is 31.7 Å². The molecule has 1 aliphatic heterocycles. The Morgan fingerprint density at radius 2 is 2.08 bits per heavy atom. The van der Waals surface area contributed by atoms with Crippen LogP contribution in [0.25, 0.3) is 0 Å². The van der Waals surface area contributed by atoms with Crippen LogP contribution in [0.1, 0.15) is 13.3 Å². The van der Waals surface area contributed by atoms with Crippen LogP contribution in [0.2, 0.25) is 0 Å². The first-order valence-corrected chi connectivity index (χ1v) is 4.37. The molecule has 1 heterocycles. The Bertz CT molecular complexity index is 150. The molecule has 0 saturated carbocycles. The molecule has 3 nitrogen and oxygen atoms in total. The highest BCUT2D eigenvalue weighted by atomic mass is 35.5. The maximum atomic E-state index is 13.1. The van der Waals surface area contributed by atoms with E-state index in [-0.39, 0.29) is 12.4 Å². The Morgan fingerprint density at radius 3 is 2.62 bits per heavy atom. The number of nitrogens with one attached hydrogen (secondary N) is 1. The lowest BCUT2D eigenvalue weighted by Crippen LogP contribution is -2.53. The average molecular weight is 214 g/mol. The molecule has 1 aliphatic rings. The van der Waals surface area contributed by atoms with Crippen LogP contribution in [-0.2, 0) is 0 Å². The molecule has 5 heteroatoms. The summed E-state index contributed by atoms with van der Waals surface area (Å²) >= 11 is 0. The van der Waals surface area contributed by atoms with Gasteiger partial charge >= 0.3 is 0 Å². The Kier molecular flexibility index (Phi) is 5.80. The second-order valence-corrected chi connectivity index (χ2v) is 3.30. The summed E-state index contributed by atoms with van der Waals surface area (Å²) < 4.78 is 13.1. The fraction of sp³-hybridized carbons (Fsp3) is 1.00. The molecular weight excluding hydrogens is 197 g/mol. The highest BCUT2D eigenvalue weighted by Gasteiger charge is 2.34. The van der Waals surface area contributed by atoms with E-state index in [1.54, 1.807) is 6.92 Å². The zero-order valence-electron chi connectivity index (χ0n) is 7.61. The summed E-state index contributed by atoms with van der Waals surface area (Å²) in [4.78, 5) is 0. The van der Waals surface area contributed by atoms with Gasteiger partial charge in [0, 0.05) is 19.0 Å². The first-order chi connectivity index (χ1) is 5.66. The highest BCUT2D eigenvalue weighted by Crippen LogP contribution is 2.20. The average Bonchev–Trinajstić information content (AvgIpc) is 2.08. The van der Waals surface area contributed by atoms with Crippen molar-refractivity contribution in [3.05, 3.63) is 0 Å². The number of aliphatic hydroxyl groups excluding tert-OH is 2. The monoisotopic (exact) mass is 213 g/mol. The number of hydrogen-bond donors (Lipinski definition) is 3. The van der Waals surface area contributed by atoms with E-state index in [1.165, 1.54) is 0 Å². The standard InChI is InChI=1S/C8H16FNO2.ClH/c1-2-6(9)5-3-10-4-7(11)8(5)12;/h5-8,10-12H,2-4H2,1H3;1H/t5-,6?,7-,8-;/m1./s1. The maximum Gasteiger partial charge on any atom is 0.106 e. The molecule has 0 aromatic carbocycles. The Morgan fingerprint density at radius 1 is 1.46 bits per heavy atom. The van der Waals surface area contributed by atoms with Crippen molar-refractivity contribution in [3.63, 3.8) is 0 Å².